The highest BCUT2D eigenvalue weighted by molar-refractivity contribution is 5.96. The van der Waals surface area contributed by atoms with Gasteiger partial charge in [0.15, 0.2) is 0 Å². The van der Waals surface area contributed by atoms with Crippen LogP contribution in [0.4, 0.5) is 4.39 Å². The molecule has 17 heavy (non-hydrogen) atoms. The van der Waals surface area contributed by atoms with E-state index in [-0.39, 0.29) is 5.82 Å². The second-order valence-corrected chi connectivity index (χ2v) is 3.85. The van der Waals surface area contributed by atoms with Gasteiger partial charge in [-0.05, 0) is 41.8 Å². The number of hydrogen-bond donors (Lipinski definition) is 1. The fourth-order valence-corrected chi connectivity index (χ4v) is 1.84. The van der Waals surface area contributed by atoms with E-state index >= 15 is 0 Å². The molecular weight excluding hydrogens is 217 g/mol. The standard InChI is InChI=1S/C14H12FNO/c1-9-12(3-2-4-13(9)14(16)17)10-5-7-11(15)8-6-10/h2-8H,1H3,(H2,16,17). The van der Waals surface area contributed by atoms with Gasteiger partial charge in [-0.2, -0.15) is 0 Å². The molecule has 1 amide bonds. The van der Waals surface area contributed by atoms with Crippen LogP contribution in [-0.2, 0) is 0 Å². The molecule has 2 rings (SSSR count). The summed E-state index contributed by atoms with van der Waals surface area (Å²) in [5.41, 5.74) is 8.35. The van der Waals surface area contributed by atoms with Gasteiger partial charge >= 0.3 is 0 Å². The largest absolute Gasteiger partial charge is 0.366 e. The lowest BCUT2D eigenvalue weighted by Crippen LogP contribution is -2.12. The predicted octanol–water partition coefficient (Wildman–Crippen LogP) is 2.90. The van der Waals surface area contributed by atoms with Crippen molar-refractivity contribution in [1.29, 1.82) is 0 Å². The lowest BCUT2D eigenvalue weighted by Gasteiger charge is -2.09. The summed E-state index contributed by atoms with van der Waals surface area (Å²) in [4.78, 5) is 11.2. The number of benzene rings is 2. The van der Waals surface area contributed by atoms with E-state index < -0.39 is 5.91 Å². The Morgan fingerprint density at radius 2 is 1.76 bits per heavy atom. The first-order valence-corrected chi connectivity index (χ1v) is 5.25. The van der Waals surface area contributed by atoms with Gasteiger partial charge in [-0.15, -0.1) is 0 Å². The fraction of sp³-hybridized carbons (Fsp3) is 0.0714. The molecule has 0 aliphatic carbocycles. The van der Waals surface area contributed by atoms with Crippen molar-refractivity contribution in [3.63, 3.8) is 0 Å². The van der Waals surface area contributed by atoms with Gasteiger partial charge in [-0.3, -0.25) is 4.79 Å². The maximum atomic E-state index is 12.8. The highest BCUT2D eigenvalue weighted by Crippen LogP contribution is 2.25. The van der Waals surface area contributed by atoms with Crippen LogP contribution in [0.15, 0.2) is 42.5 Å². The Bertz CT molecular complexity index is 561. The molecule has 0 saturated heterocycles. The molecule has 0 aliphatic heterocycles. The Hall–Kier alpha value is -2.16. The molecule has 3 heteroatoms. The molecule has 0 fully saturated rings. The van der Waals surface area contributed by atoms with E-state index in [9.17, 15) is 9.18 Å². The molecule has 0 spiro atoms. The predicted molar refractivity (Wildman–Crippen MR) is 65.1 cm³/mol. The van der Waals surface area contributed by atoms with Gasteiger partial charge in [0.25, 0.3) is 0 Å². The molecule has 0 heterocycles. The van der Waals surface area contributed by atoms with Gasteiger partial charge in [0.2, 0.25) is 5.91 Å². The van der Waals surface area contributed by atoms with Crippen molar-refractivity contribution in [2.45, 2.75) is 6.92 Å². The number of hydrogen-bond acceptors (Lipinski definition) is 1. The van der Waals surface area contributed by atoms with Crippen LogP contribution in [0.25, 0.3) is 11.1 Å². The first-order valence-electron chi connectivity index (χ1n) is 5.25. The zero-order valence-corrected chi connectivity index (χ0v) is 9.41. The van der Waals surface area contributed by atoms with Crippen LogP contribution < -0.4 is 5.73 Å². The molecule has 0 atom stereocenters. The molecular formula is C14H12FNO. The summed E-state index contributed by atoms with van der Waals surface area (Å²) in [6.07, 6.45) is 0. The van der Waals surface area contributed by atoms with Gasteiger partial charge in [0, 0.05) is 5.56 Å². The van der Waals surface area contributed by atoms with E-state index in [1.807, 2.05) is 13.0 Å². The molecule has 0 aliphatic rings. The van der Waals surface area contributed by atoms with Crippen molar-refractivity contribution in [3.8, 4) is 11.1 Å². The topological polar surface area (TPSA) is 43.1 Å². The van der Waals surface area contributed by atoms with Crippen LogP contribution in [0.3, 0.4) is 0 Å². The third kappa shape index (κ3) is 2.18. The van der Waals surface area contributed by atoms with Crippen LogP contribution in [0.2, 0.25) is 0 Å². The molecule has 86 valence electrons. The Morgan fingerprint density at radius 1 is 1.12 bits per heavy atom. The Morgan fingerprint density at radius 3 is 2.35 bits per heavy atom. The summed E-state index contributed by atoms with van der Waals surface area (Å²) in [6.45, 7) is 1.83. The molecule has 0 unspecified atom stereocenters. The van der Waals surface area contributed by atoms with Crippen molar-refractivity contribution in [2.24, 2.45) is 5.73 Å². The first kappa shape index (κ1) is 11.3. The summed E-state index contributed by atoms with van der Waals surface area (Å²) in [6, 6.07) is 11.5. The van der Waals surface area contributed by atoms with Gasteiger partial charge in [-0.25, -0.2) is 4.39 Å². The van der Waals surface area contributed by atoms with Crippen molar-refractivity contribution in [2.75, 3.05) is 0 Å². The number of carbonyl (C=O) groups excluding carboxylic acids is 1. The zero-order valence-electron chi connectivity index (χ0n) is 9.41. The summed E-state index contributed by atoms with van der Waals surface area (Å²) >= 11 is 0. The number of primary amides is 1. The summed E-state index contributed by atoms with van der Waals surface area (Å²) in [7, 11) is 0. The zero-order chi connectivity index (χ0) is 12.4. The number of nitrogens with two attached hydrogens (primary N) is 1. The summed E-state index contributed by atoms with van der Waals surface area (Å²) in [5, 5.41) is 0. The second-order valence-electron chi connectivity index (χ2n) is 3.85. The minimum absolute atomic E-state index is 0.280. The molecule has 2 aromatic carbocycles. The Kier molecular flexibility index (Phi) is 2.91. The number of amides is 1. The molecule has 0 saturated carbocycles. The van der Waals surface area contributed by atoms with Gasteiger partial charge < -0.3 is 5.73 Å². The Balaban J connectivity index is 2.56. The second kappa shape index (κ2) is 4.37. The minimum atomic E-state index is -0.452. The third-order valence-corrected chi connectivity index (χ3v) is 2.75. The highest BCUT2D eigenvalue weighted by atomic mass is 19.1. The molecule has 2 nitrogen and oxygen atoms in total. The van der Waals surface area contributed by atoms with Crippen molar-refractivity contribution >= 4 is 5.91 Å². The smallest absolute Gasteiger partial charge is 0.248 e. The molecule has 2 N–H and O–H groups in total. The molecule has 0 aromatic heterocycles. The van der Waals surface area contributed by atoms with Crippen molar-refractivity contribution in [3.05, 3.63) is 59.4 Å². The Labute approximate surface area is 98.9 Å². The van der Waals surface area contributed by atoms with Crippen LogP contribution >= 0.6 is 0 Å². The monoisotopic (exact) mass is 229 g/mol. The lowest BCUT2D eigenvalue weighted by atomic mass is 9.96. The lowest BCUT2D eigenvalue weighted by molar-refractivity contribution is 0.1000. The van der Waals surface area contributed by atoms with Crippen molar-refractivity contribution < 1.29 is 9.18 Å². The maximum Gasteiger partial charge on any atom is 0.248 e. The van der Waals surface area contributed by atoms with Crippen LogP contribution in [0.5, 0.6) is 0 Å². The summed E-state index contributed by atoms with van der Waals surface area (Å²) in [5.74, 6) is -0.732. The van der Waals surface area contributed by atoms with E-state index in [2.05, 4.69) is 0 Å². The van der Waals surface area contributed by atoms with E-state index in [0.717, 1.165) is 16.7 Å². The number of carbonyl (C=O) groups is 1. The molecule has 0 bridgehead atoms. The van der Waals surface area contributed by atoms with E-state index in [1.54, 1.807) is 24.3 Å². The van der Waals surface area contributed by atoms with Crippen LogP contribution in [0, 0.1) is 12.7 Å². The average molecular weight is 229 g/mol. The van der Waals surface area contributed by atoms with Gasteiger partial charge in [0.05, 0.1) is 0 Å². The fourth-order valence-electron chi connectivity index (χ4n) is 1.84. The normalized spacial score (nSPS) is 10.2. The van der Waals surface area contributed by atoms with Crippen LogP contribution in [-0.4, -0.2) is 5.91 Å². The van der Waals surface area contributed by atoms with Gasteiger partial charge in [-0.1, -0.05) is 24.3 Å². The maximum absolute atomic E-state index is 12.8. The van der Waals surface area contributed by atoms with E-state index in [4.69, 9.17) is 5.73 Å². The highest BCUT2D eigenvalue weighted by Gasteiger charge is 2.09. The summed E-state index contributed by atoms with van der Waals surface area (Å²) < 4.78 is 12.8. The first-order chi connectivity index (χ1) is 8.09. The number of rotatable bonds is 2. The average Bonchev–Trinajstić information content (AvgIpc) is 2.30. The quantitative estimate of drug-likeness (QED) is 0.845. The number of halogens is 1. The van der Waals surface area contributed by atoms with E-state index in [1.165, 1.54) is 12.1 Å². The van der Waals surface area contributed by atoms with Gasteiger partial charge in [0.1, 0.15) is 5.82 Å². The van der Waals surface area contributed by atoms with Crippen LogP contribution in [0.1, 0.15) is 15.9 Å². The van der Waals surface area contributed by atoms with E-state index in [0.29, 0.717) is 5.56 Å². The SMILES string of the molecule is Cc1c(C(N)=O)cccc1-c1ccc(F)cc1. The van der Waals surface area contributed by atoms with Crippen molar-refractivity contribution in [1.82, 2.24) is 0 Å². The molecule has 0 radical (unpaired) electrons. The third-order valence-electron chi connectivity index (χ3n) is 2.75. The minimum Gasteiger partial charge on any atom is -0.366 e. The molecule has 2 aromatic rings.